The van der Waals surface area contributed by atoms with Crippen molar-refractivity contribution in [3.63, 3.8) is 0 Å². The first-order valence-corrected chi connectivity index (χ1v) is 9.12. The van der Waals surface area contributed by atoms with Gasteiger partial charge in [0.25, 0.3) is 0 Å². The molecule has 132 valence electrons. The first-order valence-electron chi connectivity index (χ1n) is 7.68. The van der Waals surface area contributed by atoms with Gasteiger partial charge in [-0.3, -0.25) is 0 Å². The molecule has 0 amide bonds. The predicted octanol–water partition coefficient (Wildman–Crippen LogP) is 2.48. The molecule has 0 aliphatic carbocycles. The molecule has 1 aliphatic heterocycles. The van der Waals surface area contributed by atoms with E-state index in [0.717, 1.165) is 24.0 Å². The van der Waals surface area contributed by atoms with Crippen molar-refractivity contribution in [3.8, 4) is 5.75 Å². The highest BCUT2D eigenvalue weighted by Gasteiger charge is 2.33. The molecular formula is C16H27ClN2O3S. The topological polar surface area (TPSA) is 72.6 Å². The Bertz CT molecular complexity index is 639. The second kappa shape index (κ2) is 7.83. The van der Waals surface area contributed by atoms with Crippen molar-refractivity contribution in [3.05, 3.63) is 23.3 Å². The molecule has 7 heteroatoms. The third-order valence-corrected chi connectivity index (χ3v) is 6.53. The van der Waals surface area contributed by atoms with Crippen LogP contribution in [0.25, 0.3) is 0 Å². The summed E-state index contributed by atoms with van der Waals surface area (Å²) in [5.41, 5.74) is 7.65. The molecular weight excluding hydrogens is 336 g/mol. The van der Waals surface area contributed by atoms with Crippen molar-refractivity contribution in [2.75, 3.05) is 20.2 Å². The molecule has 5 nitrogen and oxygen atoms in total. The molecule has 1 fully saturated rings. The number of sulfonamides is 1. The summed E-state index contributed by atoms with van der Waals surface area (Å²) in [5, 5.41) is 0. The number of ether oxygens (including phenoxy) is 1. The molecule has 23 heavy (non-hydrogen) atoms. The van der Waals surface area contributed by atoms with Gasteiger partial charge in [0, 0.05) is 19.1 Å². The molecule has 1 aliphatic rings. The zero-order valence-corrected chi connectivity index (χ0v) is 15.8. The highest BCUT2D eigenvalue weighted by Crippen LogP contribution is 2.33. The Balaban J connectivity index is 0.00000264. The molecule has 1 heterocycles. The van der Waals surface area contributed by atoms with Crippen LogP contribution in [0.1, 0.15) is 30.9 Å². The van der Waals surface area contributed by atoms with E-state index in [0.29, 0.717) is 29.7 Å². The fourth-order valence-electron chi connectivity index (χ4n) is 3.17. The van der Waals surface area contributed by atoms with Crippen LogP contribution in [-0.4, -0.2) is 39.0 Å². The number of benzene rings is 1. The van der Waals surface area contributed by atoms with Gasteiger partial charge in [-0.2, -0.15) is 4.31 Å². The predicted molar refractivity (Wildman–Crippen MR) is 94.8 cm³/mol. The maximum atomic E-state index is 13.0. The van der Waals surface area contributed by atoms with Crippen LogP contribution in [0.3, 0.4) is 0 Å². The third-order valence-electron chi connectivity index (χ3n) is 4.44. The lowest BCUT2D eigenvalue weighted by molar-refractivity contribution is 0.250. The lowest BCUT2D eigenvalue weighted by Crippen LogP contribution is -2.42. The lowest BCUT2D eigenvalue weighted by atomic mass is 9.92. The highest BCUT2D eigenvalue weighted by molar-refractivity contribution is 7.89. The maximum Gasteiger partial charge on any atom is 0.247 e. The van der Waals surface area contributed by atoms with Crippen LogP contribution in [0, 0.1) is 19.8 Å². The minimum absolute atomic E-state index is 0. The number of piperidine rings is 1. The number of hydrogen-bond acceptors (Lipinski definition) is 4. The fourth-order valence-corrected chi connectivity index (χ4v) is 4.98. The minimum atomic E-state index is -3.53. The van der Waals surface area contributed by atoms with E-state index in [1.807, 2.05) is 26.8 Å². The standard InChI is InChI=1S/C16H26N2O3S.ClH/c1-11-9-12(2)16(15(10-11)21-4)22(19,20)18-7-5-14(6-8-18)13(3)17;/h9-10,13-14H,5-8,17H2,1-4H3;1H. The molecule has 0 spiro atoms. The van der Waals surface area contributed by atoms with Crippen LogP contribution < -0.4 is 10.5 Å². The summed E-state index contributed by atoms with van der Waals surface area (Å²) in [6.45, 7) is 6.77. The Kier molecular flexibility index (Phi) is 6.89. The number of hydrogen-bond donors (Lipinski definition) is 1. The summed E-state index contributed by atoms with van der Waals surface area (Å²) in [4.78, 5) is 0.292. The average molecular weight is 363 g/mol. The van der Waals surface area contributed by atoms with Crippen molar-refractivity contribution in [1.82, 2.24) is 4.31 Å². The maximum absolute atomic E-state index is 13.0. The Labute approximate surface area is 145 Å². The quantitative estimate of drug-likeness (QED) is 0.893. The summed E-state index contributed by atoms with van der Waals surface area (Å²) in [5.74, 6) is 0.819. The van der Waals surface area contributed by atoms with Gasteiger partial charge in [0.2, 0.25) is 10.0 Å². The molecule has 0 aromatic heterocycles. The summed E-state index contributed by atoms with van der Waals surface area (Å²) in [7, 11) is -2.02. The number of nitrogens with two attached hydrogens (primary N) is 1. The Morgan fingerprint density at radius 3 is 2.30 bits per heavy atom. The van der Waals surface area contributed by atoms with Crippen molar-refractivity contribution in [2.24, 2.45) is 11.7 Å². The van der Waals surface area contributed by atoms with E-state index in [-0.39, 0.29) is 18.4 Å². The van der Waals surface area contributed by atoms with Gasteiger partial charge in [-0.15, -0.1) is 12.4 Å². The van der Waals surface area contributed by atoms with E-state index in [4.69, 9.17) is 10.5 Å². The fraction of sp³-hybridized carbons (Fsp3) is 0.625. The van der Waals surface area contributed by atoms with Gasteiger partial charge in [0.05, 0.1) is 7.11 Å². The van der Waals surface area contributed by atoms with E-state index < -0.39 is 10.0 Å². The van der Waals surface area contributed by atoms with Gasteiger partial charge in [-0.25, -0.2) is 8.42 Å². The summed E-state index contributed by atoms with van der Waals surface area (Å²) < 4.78 is 32.9. The Morgan fingerprint density at radius 1 is 1.26 bits per heavy atom. The molecule has 2 rings (SSSR count). The van der Waals surface area contributed by atoms with Crippen LogP contribution in [-0.2, 0) is 10.0 Å². The third kappa shape index (κ3) is 4.18. The molecule has 0 radical (unpaired) electrons. The van der Waals surface area contributed by atoms with E-state index in [1.54, 1.807) is 10.4 Å². The highest BCUT2D eigenvalue weighted by atomic mass is 35.5. The lowest BCUT2D eigenvalue weighted by Gasteiger charge is -2.33. The van der Waals surface area contributed by atoms with Crippen molar-refractivity contribution in [2.45, 2.75) is 44.6 Å². The van der Waals surface area contributed by atoms with Crippen LogP contribution in [0.2, 0.25) is 0 Å². The van der Waals surface area contributed by atoms with Gasteiger partial charge in [-0.1, -0.05) is 6.07 Å². The molecule has 1 aromatic rings. The summed E-state index contributed by atoms with van der Waals surface area (Å²) in [6, 6.07) is 3.76. The van der Waals surface area contributed by atoms with Crippen molar-refractivity contribution >= 4 is 22.4 Å². The van der Waals surface area contributed by atoms with E-state index >= 15 is 0 Å². The van der Waals surface area contributed by atoms with Crippen LogP contribution in [0.5, 0.6) is 5.75 Å². The van der Waals surface area contributed by atoms with E-state index in [9.17, 15) is 8.42 Å². The van der Waals surface area contributed by atoms with Crippen molar-refractivity contribution < 1.29 is 13.2 Å². The van der Waals surface area contributed by atoms with Gasteiger partial charge in [0.15, 0.2) is 0 Å². The molecule has 0 bridgehead atoms. The van der Waals surface area contributed by atoms with E-state index in [1.165, 1.54) is 7.11 Å². The SMILES string of the molecule is COc1cc(C)cc(C)c1S(=O)(=O)N1CCC(C(C)N)CC1.Cl. The normalized spacial score (nSPS) is 18.3. The molecule has 1 unspecified atom stereocenters. The number of aryl methyl sites for hydroxylation is 2. The van der Waals surface area contributed by atoms with Gasteiger partial charge < -0.3 is 10.5 Å². The molecule has 2 N–H and O–H groups in total. The van der Waals surface area contributed by atoms with Gasteiger partial charge >= 0.3 is 0 Å². The molecule has 1 aromatic carbocycles. The zero-order valence-electron chi connectivity index (χ0n) is 14.2. The smallest absolute Gasteiger partial charge is 0.247 e. The van der Waals surface area contributed by atoms with Crippen LogP contribution in [0.15, 0.2) is 17.0 Å². The number of rotatable bonds is 4. The van der Waals surface area contributed by atoms with Crippen LogP contribution in [0.4, 0.5) is 0 Å². The molecule has 1 saturated heterocycles. The van der Waals surface area contributed by atoms with Gasteiger partial charge in [-0.05, 0) is 56.7 Å². The second-order valence-corrected chi connectivity index (χ2v) is 8.09. The number of methoxy groups -OCH3 is 1. The monoisotopic (exact) mass is 362 g/mol. The first-order chi connectivity index (χ1) is 10.3. The zero-order chi connectivity index (χ0) is 16.5. The largest absolute Gasteiger partial charge is 0.495 e. The van der Waals surface area contributed by atoms with E-state index in [2.05, 4.69) is 0 Å². The first kappa shape index (κ1) is 20.2. The second-order valence-electron chi connectivity index (χ2n) is 6.21. The molecule has 0 saturated carbocycles. The Morgan fingerprint density at radius 2 is 1.83 bits per heavy atom. The summed E-state index contributed by atoms with van der Waals surface area (Å²) >= 11 is 0. The number of nitrogens with zero attached hydrogens (tertiary/aromatic N) is 1. The molecule has 1 atom stereocenters. The minimum Gasteiger partial charge on any atom is -0.495 e. The van der Waals surface area contributed by atoms with Gasteiger partial charge in [0.1, 0.15) is 10.6 Å². The van der Waals surface area contributed by atoms with Crippen LogP contribution >= 0.6 is 12.4 Å². The summed E-state index contributed by atoms with van der Waals surface area (Å²) in [6.07, 6.45) is 1.62. The van der Waals surface area contributed by atoms with Crippen molar-refractivity contribution in [1.29, 1.82) is 0 Å². The Hall–Kier alpha value is -0.820. The average Bonchev–Trinajstić information content (AvgIpc) is 2.45. The number of halogens is 1.